The van der Waals surface area contributed by atoms with Gasteiger partial charge >= 0.3 is 5.97 Å². The molecule has 1 aliphatic carbocycles. The van der Waals surface area contributed by atoms with Crippen LogP contribution in [-0.4, -0.2) is 12.1 Å². The fourth-order valence-electron chi connectivity index (χ4n) is 1.73. The Morgan fingerprint density at radius 3 is 2.25 bits per heavy atom. The third kappa shape index (κ3) is 2.84. The lowest BCUT2D eigenvalue weighted by molar-refractivity contribution is -0.148. The first-order valence-corrected chi connectivity index (χ1v) is 4.67. The van der Waals surface area contributed by atoms with Crippen molar-refractivity contribution in [1.82, 2.24) is 0 Å². The van der Waals surface area contributed by atoms with E-state index in [0.717, 1.165) is 12.8 Å². The highest BCUT2D eigenvalue weighted by molar-refractivity contribution is 5.66. The van der Waals surface area contributed by atoms with Gasteiger partial charge in [0.2, 0.25) is 0 Å². The number of carbonyl (C=O) groups excluding carboxylic acids is 1. The van der Waals surface area contributed by atoms with Crippen molar-refractivity contribution in [3.8, 4) is 0 Å². The molecule has 0 aromatic carbocycles. The smallest absolute Gasteiger partial charge is 0.302 e. The molecular formula is C10H18O2. The second-order valence-corrected chi connectivity index (χ2v) is 4.47. The van der Waals surface area contributed by atoms with Gasteiger partial charge in [0.25, 0.3) is 0 Å². The molecular weight excluding hydrogens is 152 g/mol. The van der Waals surface area contributed by atoms with Crippen LogP contribution in [0.1, 0.15) is 46.5 Å². The van der Waals surface area contributed by atoms with Crippen molar-refractivity contribution in [3.63, 3.8) is 0 Å². The van der Waals surface area contributed by atoms with Crippen LogP contribution in [-0.2, 0) is 9.53 Å². The van der Waals surface area contributed by atoms with Gasteiger partial charge in [-0.15, -0.1) is 0 Å². The summed E-state index contributed by atoms with van der Waals surface area (Å²) in [5.41, 5.74) is 0.455. The highest BCUT2D eigenvalue weighted by Gasteiger charge is 2.27. The highest BCUT2D eigenvalue weighted by Crippen LogP contribution is 2.36. The van der Waals surface area contributed by atoms with Crippen molar-refractivity contribution < 1.29 is 9.53 Å². The number of hydrogen-bond donors (Lipinski definition) is 0. The van der Waals surface area contributed by atoms with Crippen LogP contribution < -0.4 is 0 Å². The quantitative estimate of drug-likeness (QED) is 0.565. The summed E-state index contributed by atoms with van der Waals surface area (Å²) in [5.74, 6) is -0.139. The summed E-state index contributed by atoms with van der Waals surface area (Å²) in [7, 11) is 0. The van der Waals surface area contributed by atoms with Crippen LogP contribution in [0.15, 0.2) is 0 Å². The fraction of sp³-hybridized carbons (Fsp3) is 0.900. The predicted octanol–water partition coefficient (Wildman–Crippen LogP) is 2.52. The van der Waals surface area contributed by atoms with Gasteiger partial charge in [0.05, 0.1) is 0 Å². The number of rotatable bonds is 1. The number of hydrogen-bond acceptors (Lipinski definition) is 2. The topological polar surface area (TPSA) is 26.3 Å². The molecule has 0 amide bonds. The Hall–Kier alpha value is -0.530. The molecule has 1 saturated carbocycles. The van der Waals surface area contributed by atoms with Gasteiger partial charge in [0, 0.05) is 6.92 Å². The third-order valence-electron chi connectivity index (χ3n) is 2.62. The van der Waals surface area contributed by atoms with Crippen LogP contribution >= 0.6 is 0 Å². The normalized spacial score (nSPS) is 23.6. The van der Waals surface area contributed by atoms with E-state index < -0.39 is 0 Å². The van der Waals surface area contributed by atoms with E-state index in [1.165, 1.54) is 19.8 Å². The zero-order chi connectivity index (χ0) is 9.19. The molecule has 0 bridgehead atoms. The average molecular weight is 170 g/mol. The summed E-state index contributed by atoms with van der Waals surface area (Å²) < 4.78 is 5.15. The lowest BCUT2D eigenvalue weighted by atomic mass is 9.76. The largest absolute Gasteiger partial charge is 0.463 e. The second kappa shape index (κ2) is 3.46. The molecule has 0 aromatic rings. The molecule has 1 rings (SSSR count). The summed E-state index contributed by atoms with van der Waals surface area (Å²) >= 11 is 0. The van der Waals surface area contributed by atoms with Gasteiger partial charge in [-0.3, -0.25) is 4.79 Å². The van der Waals surface area contributed by atoms with Crippen molar-refractivity contribution in [2.24, 2.45) is 5.41 Å². The molecule has 2 heteroatoms. The van der Waals surface area contributed by atoms with Crippen molar-refractivity contribution in [1.29, 1.82) is 0 Å². The Kier molecular flexibility index (Phi) is 2.76. The summed E-state index contributed by atoms with van der Waals surface area (Å²) in [6.45, 7) is 6.04. The van der Waals surface area contributed by atoms with Crippen LogP contribution in [0.25, 0.3) is 0 Å². The summed E-state index contributed by atoms with van der Waals surface area (Å²) in [6, 6.07) is 0. The zero-order valence-corrected chi connectivity index (χ0v) is 8.22. The van der Waals surface area contributed by atoms with E-state index in [0.29, 0.717) is 5.41 Å². The summed E-state index contributed by atoms with van der Waals surface area (Å²) in [5, 5.41) is 0. The standard InChI is InChI=1S/C10H18O2/c1-8(11)12-9-4-6-10(2,3)7-5-9/h9H,4-7H2,1-3H3. The number of esters is 1. The molecule has 0 radical (unpaired) electrons. The van der Waals surface area contributed by atoms with Gasteiger partial charge < -0.3 is 4.74 Å². The van der Waals surface area contributed by atoms with E-state index in [1.807, 2.05) is 0 Å². The first-order valence-electron chi connectivity index (χ1n) is 4.67. The average Bonchev–Trinajstić information content (AvgIpc) is 1.93. The van der Waals surface area contributed by atoms with E-state index >= 15 is 0 Å². The molecule has 0 aliphatic heterocycles. The lowest BCUT2D eigenvalue weighted by Crippen LogP contribution is -2.27. The van der Waals surface area contributed by atoms with Crippen LogP contribution in [0.5, 0.6) is 0 Å². The third-order valence-corrected chi connectivity index (χ3v) is 2.62. The van der Waals surface area contributed by atoms with Gasteiger partial charge in [0.15, 0.2) is 0 Å². The highest BCUT2D eigenvalue weighted by atomic mass is 16.5. The van der Waals surface area contributed by atoms with Gasteiger partial charge in [-0.2, -0.15) is 0 Å². The lowest BCUT2D eigenvalue weighted by Gasteiger charge is -2.33. The predicted molar refractivity (Wildman–Crippen MR) is 47.8 cm³/mol. The molecule has 0 heterocycles. The summed E-state index contributed by atoms with van der Waals surface area (Å²) in [4.78, 5) is 10.7. The van der Waals surface area contributed by atoms with Crippen molar-refractivity contribution in [2.75, 3.05) is 0 Å². The molecule has 12 heavy (non-hydrogen) atoms. The molecule has 2 nitrogen and oxygen atoms in total. The van der Waals surface area contributed by atoms with Crippen LogP contribution in [0.3, 0.4) is 0 Å². The first-order chi connectivity index (χ1) is 5.49. The molecule has 0 N–H and O–H groups in total. The molecule has 70 valence electrons. The van der Waals surface area contributed by atoms with Gasteiger partial charge in [-0.25, -0.2) is 0 Å². The number of carbonyl (C=O) groups is 1. The molecule has 0 spiro atoms. The zero-order valence-electron chi connectivity index (χ0n) is 8.22. The van der Waals surface area contributed by atoms with E-state index in [-0.39, 0.29) is 12.1 Å². The van der Waals surface area contributed by atoms with Gasteiger partial charge in [-0.1, -0.05) is 13.8 Å². The van der Waals surface area contributed by atoms with Crippen LogP contribution in [0.4, 0.5) is 0 Å². The number of ether oxygens (including phenoxy) is 1. The minimum atomic E-state index is -0.139. The van der Waals surface area contributed by atoms with Crippen molar-refractivity contribution in [3.05, 3.63) is 0 Å². The van der Waals surface area contributed by atoms with Gasteiger partial charge in [-0.05, 0) is 31.1 Å². The Balaban J connectivity index is 2.31. The molecule has 0 atom stereocenters. The monoisotopic (exact) mass is 170 g/mol. The molecule has 0 unspecified atom stereocenters. The van der Waals surface area contributed by atoms with Crippen molar-refractivity contribution in [2.45, 2.75) is 52.6 Å². The van der Waals surface area contributed by atoms with E-state index in [2.05, 4.69) is 13.8 Å². The molecule has 1 aliphatic rings. The first kappa shape index (κ1) is 9.56. The molecule has 1 fully saturated rings. The molecule has 0 saturated heterocycles. The maximum absolute atomic E-state index is 10.7. The molecule has 0 aromatic heterocycles. The minimum absolute atomic E-state index is 0.139. The Labute approximate surface area is 74.3 Å². The Morgan fingerprint density at radius 1 is 1.33 bits per heavy atom. The second-order valence-electron chi connectivity index (χ2n) is 4.47. The van der Waals surface area contributed by atoms with E-state index in [1.54, 1.807) is 0 Å². The van der Waals surface area contributed by atoms with Crippen molar-refractivity contribution >= 4 is 5.97 Å². The van der Waals surface area contributed by atoms with E-state index in [4.69, 9.17) is 4.74 Å². The van der Waals surface area contributed by atoms with Crippen LogP contribution in [0, 0.1) is 5.41 Å². The van der Waals surface area contributed by atoms with Gasteiger partial charge in [0.1, 0.15) is 6.10 Å². The summed E-state index contributed by atoms with van der Waals surface area (Å²) in [6.07, 6.45) is 4.60. The Bertz CT molecular complexity index is 163. The fourth-order valence-corrected chi connectivity index (χ4v) is 1.73. The Morgan fingerprint density at radius 2 is 1.83 bits per heavy atom. The van der Waals surface area contributed by atoms with Crippen LogP contribution in [0.2, 0.25) is 0 Å². The minimum Gasteiger partial charge on any atom is -0.463 e. The maximum Gasteiger partial charge on any atom is 0.302 e. The van der Waals surface area contributed by atoms with E-state index in [9.17, 15) is 4.79 Å². The SMILES string of the molecule is CC(=O)OC1CCC(C)(C)CC1. The maximum atomic E-state index is 10.7.